The molecule has 2 aromatic rings. The van der Waals surface area contributed by atoms with Crippen LogP contribution in [0.5, 0.6) is 5.75 Å². The number of aryl methyl sites for hydroxylation is 1. The number of nitrogens with one attached hydrogen (secondary N) is 2. The van der Waals surface area contributed by atoms with Crippen molar-refractivity contribution in [2.24, 2.45) is 0 Å². The van der Waals surface area contributed by atoms with Gasteiger partial charge in [-0.15, -0.1) is 0 Å². The average molecular weight is 298 g/mol. The van der Waals surface area contributed by atoms with Crippen LogP contribution in [-0.2, 0) is 4.79 Å². The van der Waals surface area contributed by atoms with E-state index in [1.807, 2.05) is 37.3 Å². The lowest BCUT2D eigenvalue weighted by Gasteiger charge is -2.15. The molecule has 2 N–H and O–H groups in total. The fraction of sp³-hybridized carbons (Fsp3) is 0.176. The topological polar surface area (TPSA) is 67.4 Å². The van der Waals surface area contributed by atoms with Gasteiger partial charge in [-0.2, -0.15) is 0 Å². The van der Waals surface area contributed by atoms with Gasteiger partial charge in [0.15, 0.2) is 0 Å². The van der Waals surface area contributed by atoms with Gasteiger partial charge in [0.1, 0.15) is 11.8 Å². The summed E-state index contributed by atoms with van der Waals surface area (Å²) in [6, 6.07) is 15.4. The van der Waals surface area contributed by atoms with Gasteiger partial charge in [-0.3, -0.25) is 4.79 Å². The quantitative estimate of drug-likeness (QED) is 0.911. The predicted octanol–water partition coefficient (Wildman–Crippen LogP) is 3.11. The smallest absolute Gasteiger partial charge is 0.410 e. The molecule has 0 radical (unpaired) electrons. The van der Waals surface area contributed by atoms with E-state index in [-0.39, 0.29) is 5.91 Å². The van der Waals surface area contributed by atoms with Crippen molar-refractivity contribution >= 4 is 17.7 Å². The number of para-hydroxylation sites is 2. The van der Waals surface area contributed by atoms with Crippen molar-refractivity contribution in [1.29, 1.82) is 0 Å². The summed E-state index contributed by atoms with van der Waals surface area (Å²) in [5.41, 5.74) is 1.67. The van der Waals surface area contributed by atoms with Crippen molar-refractivity contribution in [3.05, 3.63) is 60.2 Å². The number of hydrogen-bond donors (Lipinski definition) is 2. The Kier molecular flexibility index (Phi) is 5.14. The zero-order valence-electron chi connectivity index (χ0n) is 12.5. The Hall–Kier alpha value is -2.82. The number of anilines is 1. The molecule has 0 aromatic heterocycles. The van der Waals surface area contributed by atoms with Gasteiger partial charge in [0, 0.05) is 5.69 Å². The maximum atomic E-state index is 12.1. The second-order valence-electron chi connectivity index (χ2n) is 4.87. The van der Waals surface area contributed by atoms with Crippen molar-refractivity contribution in [2.75, 3.05) is 5.32 Å². The van der Waals surface area contributed by atoms with E-state index in [2.05, 4.69) is 10.6 Å². The van der Waals surface area contributed by atoms with Crippen LogP contribution >= 0.6 is 0 Å². The van der Waals surface area contributed by atoms with E-state index < -0.39 is 12.1 Å². The molecule has 2 aromatic carbocycles. The molecule has 0 saturated carbocycles. The first kappa shape index (κ1) is 15.6. The summed E-state index contributed by atoms with van der Waals surface area (Å²) in [4.78, 5) is 23.8. The molecule has 0 aliphatic rings. The van der Waals surface area contributed by atoms with Gasteiger partial charge in [-0.25, -0.2) is 4.79 Å². The maximum absolute atomic E-state index is 12.1. The van der Waals surface area contributed by atoms with Crippen LogP contribution in [0.25, 0.3) is 0 Å². The lowest BCUT2D eigenvalue weighted by molar-refractivity contribution is -0.117. The summed E-state index contributed by atoms with van der Waals surface area (Å²) in [7, 11) is 0. The molecule has 0 saturated heterocycles. The lowest BCUT2D eigenvalue weighted by Crippen LogP contribution is -2.42. The molecule has 0 heterocycles. The van der Waals surface area contributed by atoms with Crippen molar-refractivity contribution in [3.63, 3.8) is 0 Å². The Morgan fingerprint density at radius 3 is 2.32 bits per heavy atom. The van der Waals surface area contributed by atoms with Gasteiger partial charge >= 0.3 is 6.09 Å². The zero-order chi connectivity index (χ0) is 15.9. The van der Waals surface area contributed by atoms with E-state index in [0.29, 0.717) is 5.75 Å². The molecular weight excluding hydrogens is 280 g/mol. The Bertz CT molecular complexity index is 656. The molecule has 2 amide bonds. The minimum atomic E-state index is -0.712. The van der Waals surface area contributed by atoms with Crippen molar-refractivity contribution < 1.29 is 14.3 Å². The molecule has 0 spiro atoms. The van der Waals surface area contributed by atoms with Gasteiger partial charge in [0.05, 0.1) is 0 Å². The van der Waals surface area contributed by atoms with Crippen LogP contribution in [0.3, 0.4) is 0 Å². The second-order valence-corrected chi connectivity index (χ2v) is 4.87. The van der Waals surface area contributed by atoms with Gasteiger partial charge in [0.2, 0.25) is 5.91 Å². The minimum absolute atomic E-state index is 0.306. The first-order valence-electron chi connectivity index (χ1n) is 6.96. The number of carbonyl (C=O) groups is 2. The first-order chi connectivity index (χ1) is 10.6. The zero-order valence-corrected chi connectivity index (χ0v) is 12.5. The van der Waals surface area contributed by atoms with Gasteiger partial charge in [0.25, 0.3) is 0 Å². The Balaban J connectivity index is 1.88. The first-order valence-corrected chi connectivity index (χ1v) is 6.96. The van der Waals surface area contributed by atoms with Crippen LogP contribution in [0.2, 0.25) is 0 Å². The predicted molar refractivity (Wildman–Crippen MR) is 84.9 cm³/mol. The van der Waals surface area contributed by atoms with Gasteiger partial charge in [-0.05, 0) is 37.6 Å². The van der Waals surface area contributed by atoms with Crippen LogP contribution in [0, 0.1) is 6.92 Å². The van der Waals surface area contributed by atoms with E-state index in [0.717, 1.165) is 11.3 Å². The number of benzene rings is 2. The summed E-state index contributed by atoms with van der Waals surface area (Å²) < 4.78 is 5.08. The van der Waals surface area contributed by atoms with Crippen LogP contribution in [0.1, 0.15) is 12.5 Å². The number of rotatable bonds is 4. The molecule has 22 heavy (non-hydrogen) atoms. The molecule has 114 valence electrons. The van der Waals surface area contributed by atoms with Crippen LogP contribution in [-0.4, -0.2) is 18.0 Å². The average Bonchev–Trinajstić information content (AvgIpc) is 2.50. The van der Waals surface area contributed by atoms with Crippen LogP contribution in [0.15, 0.2) is 54.6 Å². The van der Waals surface area contributed by atoms with Gasteiger partial charge < -0.3 is 15.4 Å². The normalized spacial score (nSPS) is 11.4. The molecule has 0 aliphatic heterocycles. The molecule has 2 rings (SSSR count). The number of amides is 2. The third kappa shape index (κ3) is 4.34. The monoisotopic (exact) mass is 298 g/mol. The highest BCUT2D eigenvalue weighted by molar-refractivity contribution is 5.96. The summed E-state index contributed by atoms with van der Waals surface area (Å²) in [5, 5.41) is 5.26. The summed E-state index contributed by atoms with van der Waals surface area (Å²) in [6.07, 6.45) is -0.668. The molecule has 5 heteroatoms. The Morgan fingerprint density at radius 1 is 1.00 bits per heavy atom. The van der Waals surface area contributed by atoms with Crippen molar-refractivity contribution in [2.45, 2.75) is 19.9 Å². The molecule has 0 fully saturated rings. The Morgan fingerprint density at radius 2 is 1.64 bits per heavy atom. The standard InChI is InChI=1S/C17H18N2O3/c1-12-8-6-7-11-15(12)19-16(20)13(2)18-17(21)22-14-9-4-3-5-10-14/h3-11,13H,1-2H3,(H,18,21)(H,19,20)/t13-/m0/s1. The SMILES string of the molecule is Cc1ccccc1NC(=O)[C@H](C)NC(=O)Oc1ccccc1. The molecule has 0 unspecified atom stereocenters. The Labute approximate surface area is 129 Å². The fourth-order valence-corrected chi connectivity index (χ4v) is 1.82. The second kappa shape index (κ2) is 7.26. The largest absolute Gasteiger partial charge is 0.413 e. The summed E-state index contributed by atoms with van der Waals surface area (Å²) in [5.74, 6) is 0.117. The van der Waals surface area contributed by atoms with Crippen molar-refractivity contribution in [3.8, 4) is 5.75 Å². The molecule has 1 atom stereocenters. The molecular formula is C17H18N2O3. The van der Waals surface area contributed by atoms with E-state index >= 15 is 0 Å². The van der Waals surface area contributed by atoms with E-state index in [9.17, 15) is 9.59 Å². The van der Waals surface area contributed by atoms with E-state index in [1.54, 1.807) is 31.2 Å². The number of hydrogen-bond acceptors (Lipinski definition) is 3. The maximum Gasteiger partial charge on any atom is 0.413 e. The third-order valence-corrected chi connectivity index (χ3v) is 3.08. The molecule has 0 aliphatic carbocycles. The summed E-state index contributed by atoms with van der Waals surface area (Å²) in [6.45, 7) is 3.50. The highest BCUT2D eigenvalue weighted by Gasteiger charge is 2.17. The third-order valence-electron chi connectivity index (χ3n) is 3.08. The lowest BCUT2D eigenvalue weighted by atomic mass is 10.2. The fourth-order valence-electron chi connectivity index (χ4n) is 1.82. The van der Waals surface area contributed by atoms with Crippen LogP contribution in [0.4, 0.5) is 10.5 Å². The molecule has 5 nitrogen and oxygen atoms in total. The number of ether oxygens (including phenoxy) is 1. The highest BCUT2D eigenvalue weighted by Crippen LogP contribution is 2.13. The minimum Gasteiger partial charge on any atom is -0.410 e. The van der Waals surface area contributed by atoms with Crippen molar-refractivity contribution in [1.82, 2.24) is 5.32 Å². The molecule has 0 bridgehead atoms. The van der Waals surface area contributed by atoms with Gasteiger partial charge in [-0.1, -0.05) is 36.4 Å². The van der Waals surface area contributed by atoms with Crippen LogP contribution < -0.4 is 15.4 Å². The van der Waals surface area contributed by atoms with E-state index in [4.69, 9.17) is 4.74 Å². The number of carbonyl (C=O) groups excluding carboxylic acids is 2. The van der Waals surface area contributed by atoms with E-state index in [1.165, 1.54) is 0 Å². The highest BCUT2D eigenvalue weighted by atomic mass is 16.6. The summed E-state index contributed by atoms with van der Waals surface area (Å²) >= 11 is 0.